The van der Waals surface area contributed by atoms with Crippen LogP contribution in [-0.4, -0.2) is 24.3 Å². The van der Waals surface area contributed by atoms with E-state index in [1.807, 2.05) is 0 Å². The first kappa shape index (κ1) is 31.6. The first-order valence-corrected chi connectivity index (χ1v) is 20.1. The van der Waals surface area contributed by atoms with Crippen LogP contribution < -0.4 is 10.6 Å². The summed E-state index contributed by atoms with van der Waals surface area (Å²) in [5.74, 6) is 3.89. The Morgan fingerprint density at radius 2 is 1.68 bits per heavy atom. The fourth-order valence-corrected chi connectivity index (χ4v) is 10.6. The number of nitrogens with one attached hydrogen (secondary N) is 2. The predicted octanol–water partition coefficient (Wildman–Crippen LogP) is 10.1. The zero-order valence-electron chi connectivity index (χ0n) is 30.3. The van der Waals surface area contributed by atoms with Gasteiger partial charge in [0, 0.05) is 36.0 Å². The summed E-state index contributed by atoms with van der Waals surface area (Å²) in [7, 11) is 0. The normalized spacial score (nSPS) is 34.5. The third-order valence-corrected chi connectivity index (χ3v) is 13.4. The highest BCUT2D eigenvalue weighted by Gasteiger charge is 2.42. The van der Waals surface area contributed by atoms with Crippen LogP contribution in [0.25, 0.3) is 6.08 Å². The molecule has 7 unspecified atom stereocenters. The Morgan fingerprint density at radius 1 is 0.736 bits per heavy atom. The lowest BCUT2D eigenvalue weighted by molar-refractivity contribution is 0.177. The van der Waals surface area contributed by atoms with E-state index in [4.69, 9.17) is 9.73 Å². The number of fused-ring (bicyclic) bond motifs is 7. The number of hydrogen-bond acceptors (Lipinski definition) is 4. The van der Waals surface area contributed by atoms with Gasteiger partial charge in [0.05, 0.1) is 6.17 Å². The van der Waals surface area contributed by atoms with Crippen LogP contribution in [-0.2, 0) is 4.74 Å². The average molecular weight is 694 g/mol. The van der Waals surface area contributed by atoms with Gasteiger partial charge in [-0.3, -0.25) is 5.32 Å². The molecule has 2 N–H and O–H groups in total. The van der Waals surface area contributed by atoms with Gasteiger partial charge in [-0.25, -0.2) is 4.99 Å². The topological polar surface area (TPSA) is 45.6 Å². The summed E-state index contributed by atoms with van der Waals surface area (Å²) in [5, 5.41) is 8.05. The van der Waals surface area contributed by atoms with Gasteiger partial charge in [0.25, 0.3) is 0 Å². The van der Waals surface area contributed by atoms with Crippen LogP contribution in [0.1, 0.15) is 68.4 Å². The summed E-state index contributed by atoms with van der Waals surface area (Å²) in [6.45, 7) is 0. The van der Waals surface area contributed by atoms with Crippen molar-refractivity contribution >= 4 is 11.9 Å². The molecule has 1 aromatic carbocycles. The van der Waals surface area contributed by atoms with Crippen molar-refractivity contribution in [3.05, 3.63) is 183 Å². The van der Waals surface area contributed by atoms with Gasteiger partial charge in [0.15, 0.2) is 0 Å². The number of benzene rings is 1. The van der Waals surface area contributed by atoms with E-state index in [0.717, 1.165) is 63.0 Å². The molecule has 264 valence electrons. The summed E-state index contributed by atoms with van der Waals surface area (Å²) in [4.78, 5) is 5.68. The number of aliphatic imine (C=N–C) groups is 1. The second-order valence-corrected chi connectivity index (χ2v) is 16.3. The second kappa shape index (κ2) is 12.9. The number of amidine groups is 1. The predicted molar refractivity (Wildman–Crippen MR) is 215 cm³/mol. The van der Waals surface area contributed by atoms with E-state index in [-0.39, 0.29) is 24.4 Å². The maximum atomic E-state index is 6.43. The minimum atomic E-state index is -0.0861. The number of allylic oxidation sites excluding steroid dienone is 20. The van der Waals surface area contributed by atoms with Crippen LogP contribution in [0, 0.1) is 23.7 Å². The zero-order valence-corrected chi connectivity index (χ0v) is 30.3. The van der Waals surface area contributed by atoms with Gasteiger partial charge < -0.3 is 10.1 Å². The molecule has 2 aliphatic heterocycles. The van der Waals surface area contributed by atoms with Crippen LogP contribution in [0.15, 0.2) is 177 Å². The molecule has 10 aliphatic rings. The lowest BCUT2D eigenvalue weighted by atomic mass is 9.68. The average Bonchev–Trinajstić information content (AvgIpc) is 3.61. The molecule has 0 aromatic heterocycles. The van der Waals surface area contributed by atoms with E-state index in [1.54, 1.807) is 0 Å². The molecule has 2 heterocycles. The number of nitrogens with zero attached hydrogens (tertiary/aromatic N) is 1. The van der Waals surface area contributed by atoms with Gasteiger partial charge in [-0.15, -0.1) is 0 Å². The lowest BCUT2D eigenvalue weighted by Crippen LogP contribution is -2.59. The Labute approximate surface area is 313 Å². The van der Waals surface area contributed by atoms with Gasteiger partial charge in [-0.2, -0.15) is 0 Å². The molecule has 4 nitrogen and oxygen atoms in total. The van der Waals surface area contributed by atoms with Gasteiger partial charge in [-0.1, -0.05) is 121 Å². The largest absolute Gasteiger partial charge is 0.489 e. The summed E-state index contributed by atoms with van der Waals surface area (Å²) in [5.41, 5.74) is 14.6. The molecule has 1 fully saturated rings. The quantitative estimate of drug-likeness (QED) is 0.330. The molecular formula is C49H47N3O. The molecule has 8 aliphatic carbocycles. The van der Waals surface area contributed by atoms with Crippen molar-refractivity contribution in [1.82, 2.24) is 10.6 Å². The molecule has 1 saturated heterocycles. The maximum absolute atomic E-state index is 6.43. The van der Waals surface area contributed by atoms with E-state index < -0.39 is 0 Å². The van der Waals surface area contributed by atoms with E-state index >= 15 is 0 Å². The van der Waals surface area contributed by atoms with Crippen LogP contribution >= 0.6 is 0 Å². The van der Waals surface area contributed by atoms with E-state index in [1.165, 1.54) is 55.7 Å². The summed E-state index contributed by atoms with van der Waals surface area (Å²) < 4.78 is 6.43. The maximum Gasteiger partial charge on any atom is 0.125 e. The lowest BCUT2D eigenvalue weighted by Gasteiger charge is -2.41. The van der Waals surface area contributed by atoms with Crippen molar-refractivity contribution in [3.63, 3.8) is 0 Å². The zero-order chi connectivity index (χ0) is 34.9. The van der Waals surface area contributed by atoms with Gasteiger partial charge in [0.2, 0.25) is 0 Å². The van der Waals surface area contributed by atoms with Crippen molar-refractivity contribution < 1.29 is 4.74 Å². The second-order valence-electron chi connectivity index (χ2n) is 16.3. The smallest absolute Gasteiger partial charge is 0.125 e. The first-order chi connectivity index (χ1) is 26.2. The number of hydrogen-bond donors (Lipinski definition) is 2. The van der Waals surface area contributed by atoms with Crippen molar-refractivity contribution in [3.8, 4) is 0 Å². The van der Waals surface area contributed by atoms with E-state index in [9.17, 15) is 0 Å². The Hall–Kier alpha value is -4.93. The third-order valence-electron chi connectivity index (χ3n) is 13.4. The summed E-state index contributed by atoms with van der Waals surface area (Å²) >= 11 is 0. The first-order valence-electron chi connectivity index (χ1n) is 20.1. The van der Waals surface area contributed by atoms with E-state index in [2.05, 4.69) is 138 Å². The molecule has 0 radical (unpaired) electrons. The van der Waals surface area contributed by atoms with E-state index in [0.29, 0.717) is 23.7 Å². The Bertz CT molecular complexity index is 2220. The van der Waals surface area contributed by atoms with Crippen molar-refractivity contribution in [2.24, 2.45) is 28.7 Å². The summed E-state index contributed by atoms with van der Waals surface area (Å²) in [6, 6.07) is 8.95. The standard InChI is InChI=1S/C49H47N3O/c1-2-11-32(12-3-1)47-50-48(36-22-25-46-43(29-36)40-16-8-9-17-45(40)53-46)52-49(51-47)44-27-34-14-5-4-13-33(34)26-42(44)35-19-18-31-21-23-38-37-15-7-6-10-30(37)20-24-39(38)41(31)28-35/h1-3,5-11,14-16,20-26,28,32,38-39,43-45,47-48,50H,4,12-13,17-19,27,29H2,(H,51,52)/t32?,38?,39?,43?,44?,45?,47?,48-/m1/s1. The molecule has 11 rings (SSSR count). The van der Waals surface area contributed by atoms with Gasteiger partial charge >= 0.3 is 0 Å². The highest BCUT2D eigenvalue weighted by atomic mass is 16.5. The van der Waals surface area contributed by atoms with Crippen LogP contribution in [0.5, 0.6) is 0 Å². The van der Waals surface area contributed by atoms with Gasteiger partial charge in [0.1, 0.15) is 23.9 Å². The van der Waals surface area contributed by atoms with Crippen molar-refractivity contribution in [2.75, 3.05) is 0 Å². The van der Waals surface area contributed by atoms with Crippen LogP contribution in [0.3, 0.4) is 0 Å². The Balaban J connectivity index is 0.969. The minimum absolute atomic E-state index is 0.0861. The SMILES string of the molecule is C1=CCC2OC3=CC=C([C@H]4N=C(C5CC6=C(C=C5C5=CC7=C(C=CC8c9ccccc9C=CC78)CC5)CCC=C6)NC(C5C=CC=CC5)N4)CC3C2=C1. The highest BCUT2D eigenvalue weighted by molar-refractivity contribution is 5.90. The van der Waals surface area contributed by atoms with Gasteiger partial charge in [-0.05, 0) is 107 Å². The van der Waals surface area contributed by atoms with Crippen molar-refractivity contribution in [1.29, 1.82) is 0 Å². The third kappa shape index (κ3) is 5.48. The minimum Gasteiger partial charge on any atom is -0.489 e. The molecule has 0 spiro atoms. The van der Waals surface area contributed by atoms with Crippen molar-refractivity contribution in [2.45, 2.75) is 75.7 Å². The Morgan fingerprint density at radius 3 is 2.64 bits per heavy atom. The Kier molecular flexibility index (Phi) is 7.68. The molecule has 0 saturated carbocycles. The fourth-order valence-electron chi connectivity index (χ4n) is 10.6. The monoisotopic (exact) mass is 693 g/mol. The molecule has 4 heteroatoms. The molecule has 1 aromatic rings. The molecule has 53 heavy (non-hydrogen) atoms. The highest BCUT2D eigenvalue weighted by Crippen LogP contribution is 2.49. The number of ether oxygens (including phenoxy) is 1. The molecule has 0 amide bonds. The molecule has 8 atom stereocenters. The molecule has 0 bridgehead atoms. The fraction of sp³-hybridized carbons (Fsp3) is 0.327. The van der Waals surface area contributed by atoms with Crippen LogP contribution in [0.4, 0.5) is 0 Å². The number of rotatable bonds is 4. The van der Waals surface area contributed by atoms with Crippen LogP contribution in [0.2, 0.25) is 0 Å². The molecular weight excluding hydrogens is 647 g/mol. The summed E-state index contributed by atoms with van der Waals surface area (Å²) in [6.07, 6.45) is 48.6.